The molecule has 0 saturated carbocycles. The van der Waals surface area contributed by atoms with Crippen LogP contribution in [0.5, 0.6) is 0 Å². The normalized spacial score (nSPS) is 10.6. The molecule has 2 aromatic rings. The lowest BCUT2D eigenvalue weighted by atomic mass is 10.1. The fourth-order valence-corrected chi connectivity index (χ4v) is 2.85. The predicted molar refractivity (Wildman–Crippen MR) is 83.4 cm³/mol. The van der Waals surface area contributed by atoms with Crippen LogP contribution in [0.1, 0.15) is 18.9 Å². The Morgan fingerprint density at radius 3 is 2.79 bits per heavy atom. The van der Waals surface area contributed by atoms with Crippen molar-refractivity contribution in [2.45, 2.75) is 19.1 Å². The van der Waals surface area contributed by atoms with Crippen LogP contribution in [0.2, 0.25) is 0 Å². The van der Waals surface area contributed by atoms with Crippen molar-refractivity contribution in [2.75, 3.05) is 12.3 Å². The molecule has 0 fully saturated rings. The van der Waals surface area contributed by atoms with E-state index in [4.69, 9.17) is 0 Å². The van der Waals surface area contributed by atoms with Gasteiger partial charge in [0.2, 0.25) is 5.91 Å². The number of nitrogens with one attached hydrogen (secondary N) is 1. The first kappa shape index (κ1) is 13.9. The molecule has 0 bridgehead atoms. The van der Waals surface area contributed by atoms with Gasteiger partial charge in [-0.15, -0.1) is 11.8 Å². The number of fused-ring (bicyclic) bond motifs is 1. The lowest BCUT2D eigenvalue weighted by Crippen LogP contribution is -2.25. The summed E-state index contributed by atoms with van der Waals surface area (Å²) < 4.78 is 0. The molecule has 0 atom stereocenters. The first-order valence-electron chi connectivity index (χ1n) is 6.62. The van der Waals surface area contributed by atoms with E-state index in [0.717, 1.165) is 18.7 Å². The number of carbonyl (C=O) groups is 1. The average Bonchev–Trinajstić information content (AvgIpc) is 2.45. The highest BCUT2D eigenvalue weighted by atomic mass is 32.2. The van der Waals surface area contributed by atoms with Gasteiger partial charge in [0.05, 0.1) is 5.75 Å². The number of amides is 1. The van der Waals surface area contributed by atoms with Gasteiger partial charge < -0.3 is 5.32 Å². The highest BCUT2D eigenvalue weighted by molar-refractivity contribution is 7.99. The molecular formula is C16H19NOS. The lowest BCUT2D eigenvalue weighted by molar-refractivity contribution is -0.118. The maximum Gasteiger partial charge on any atom is 0.230 e. The van der Waals surface area contributed by atoms with E-state index in [1.54, 1.807) is 11.8 Å². The van der Waals surface area contributed by atoms with E-state index in [1.165, 1.54) is 16.3 Å². The highest BCUT2D eigenvalue weighted by Gasteiger charge is 2.03. The van der Waals surface area contributed by atoms with Crippen molar-refractivity contribution in [3.05, 3.63) is 48.0 Å². The zero-order valence-electron chi connectivity index (χ0n) is 11.2. The van der Waals surface area contributed by atoms with Crippen LogP contribution in [0.4, 0.5) is 0 Å². The minimum absolute atomic E-state index is 0.132. The Morgan fingerprint density at radius 2 is 1.95 bits per heavy atom. The van der Waals surface area contributed by atoms with Gasteiger partial charge in [0.15, 0.2) is 0 Å². The summed E-state index contributed by atoms with van der Waals surface area (Å²) in [7, 11) is 0. The molecule has 0 heterocycles. The van der Waals surface area contributed by atoms with E-state index in [2.05, 4.69) is 54.7 Å². The van der Waals surface area contributed by atoms with E-state index in [-0.39, 0.29) is 5.91 Å². The number of hydrogen-bond acceptors (Lipinski definition) is 2. The van der Waals surface area contributed by atoms with Gasteiger partial charge in [-0.05, 0) is 22.8 Å². The molecule has 1 N–H and O–H groups in total. The Hall–Kier alpha value is -1.48. The molecule has 19 heavy (non-hydrogen) atoms. The first-order valence-corrected chi connectivity index (χ1v) is 7.78. The summed E-state index contributed by atoms with van der Waals surface area (Å²) in [6.45, 7) is 2.83. The Labute approximate surface area is 118 Å². The summed E-state index contributed by atoms with van der Waals surface area (Å²) in [6.07, 6.45) is 0.986. The molecule has 2 nitrogen and oxygen atoms in total. The SMILES string of the molecule is CCCNC(=O)CSCc1cccc2ccccc12. The third-order valence-corrected chi connectivity index (χ3v) is 3.92. The van der Waals surface area contributed by atoms with Crippen molar-refractivity contribution in [1.82, 2.24) is 5.32 Å². The summed E-state index contributed by atoms with van der Waals surface area (Å²) in [5, 5.41) is 5.44. The summed E-state index contributed by atoms with van der Waals surface area (Å²) in [5.74, 6) is 1.54. The molecule has 0 aliphatic rings. The van der Waals surface area contributed by atoms with Crippen LogP contribution in [0.3, 0.4) is 0 Å². The second-order valence-electron chi connectivity index (χ2n) is 4.48. The Morgan fingerprint density at radius 1 is 1.16 bits per heavy atom. The maximum atomic E-state index is 11.5. The van der Waals surface area contributed by atoms with Gasteiger partial charge in [-0.25, -0.2) is 0 Å². The topological polar surface area (TPSA) is 29.1 Å². The van der Waals surface area contributed by atoms with Crippen molar-refractivity contribution in [1.29, 1.82) is 0 Å². The minimum Gasteiger partial charge on any atom is -0.355 e. The zero-order chi connectivity index (χ0) is 13.5. The van der Waals surface area contributed by atoms with Crippen LogP contribution in [0, 0.1) is 0 Å². The third kappa shape index (κ3) is 4.00. The van der Waals surface area contributed by atoms with Crippen LogP contribution >= 0.6 is 11.8 Å². The second-order valence-corrected chi connectivity index (χ2v) is 5.47. The summed E-state index contributed by atoms with van der Waals surface area (Å²) in [5.41, 5.74) is 1.30. The fraction of sp³-hybridized carbons (Fsp3) is 0.312. The molecule has 1 amide bonds. The molecule has 0 saturated heterocycles. The van der Waals surface area contributed by atoms with E-state index in [1.807, 2.05) is 0 Å². The largest absolute Gasteiger partial charge is 0.355 e. The van der Waals surface area contributed by atoms with Gasteiger partial charge in [-0.3, -0.25) is 4.79 Å². The van der Waals surface area contributed by atoms with Gasteiger partial charge in [0, 0.05) is 12.3 Å². The van der Waals surface area contributed by atoms with Crippen LogP contribution in [-0.4, -0.2) is 18.2 Å². The molecule has 0 aliphatic heterocycles. The number of rotatable bonds is 6. The molecule has 0 aliphatic carbocycles. The summed E-state index contributed by atoms with van der Waals surface area (Å²) in [6, 6.07) is 14.7. The van der Waals surface area contributed by atoms with Crippen LogP contribution < -0.4 is 5.32 Å². The van der Waals surface area contributed by atoms with E-state index in [0.29, 0.717) is 5.75 Å². The highest BCUT2D eigenvalue weighted by Crippen LogP contribution is 2.22. The standard InChI is InChI=1S/C16H19NOS/c1-2-10-17-16(18)12-19-11-14-8-5-7-13-6-3-4-9-15(13)14/h3-9H,2,10-12H2,1H3,(H,17,18). The number of benzene rings is 2. The van der Waals surface area contributed by atoms with Gasteiger partial charge in [-0.1, -0.05) is 49.4 Å². The average molecular weight is 273 g/mol. The fourth-order valence-electron chi connectivity index (χ4n) is 1.99. The van der Waals surface area contributed by atoms with Crippen LogP contribution in [0.15, 0.2) is 42.5 Å². The molecule has 0 aromatic heterocycles. The van der Waals surface area contributed by atoms with Gasteiger partial charge >= 0.3 is 0 Å². The van der Waals surface area contributed by atoms with Crippen molar-refractivity contribution < 1.29 is 4.79 Å². The lowest BCUT2D eigenvalue weighted by Gasteiger charge is -2.07. The van der Waals surface area contributed by atoms with E-state index in [9.17, 15) is 4.79 Å². The second kappa shape index (κ2) is 7.19. The Bertz CT molecular complexity index is 548. The predicted octanol–water partition coefficient (Wildman–Crippen LogP) is 3.60. The van der Waals surface area contributed by atoms with E-state index >= 15 is 0 Å². The van der Waals surface area contributed by atoms with Gasteiger partial charge in [-0.2, -0.15) is 0 Å². The minimum atomic E-state index is 0.132. The third-order valence-electron chi connectivity index (χ3n) is 2.94. The monoisotopic (exact) mass is 273 g/mol. The quantitative estimate of drug-likeness (QED) is 0.871. The summed E-state index contributed by atoms with van der Waals surface area (Å²) >= 11 is 1.67. The summed E-state index contributed by atoms with van der Waals surface area (Å²) in [4.78, 5) is 11.5. The first-order chi connectivity index (χ1) is 9.31. The number of carbonyl (C=O) groups excluding carboxylic acids is 1. The molecule has 3 heteroatoms. The van der Waals surface area contributed by atoms with Gasteiger partial charge in [0.25, 0.3) is 0 Å². The smallest absolute Gasteiger partial charge is 0.230 e. The van der Waals surface area contributed by atoms with E-state index < -0.39 is 0 Å². The van der Waals surface area contributed by atoms with Crippen molar-refractivity contribution in [3.63, 3.8) is 0 Å². The number of thioether (sulfide) groups is 1. The molecule has 0 unspecified atom stereocenters. The molecule has 2 rings (SSSR count). The van der Waals surface area contributed by atoms with Crippen molar-refractivity contribution >= 4 is 28.4 Å². The van der Waals surface area contributed by atoms with Crippen molar-refractivity contribution in [2.24, 2.45) is 0 Å². The Kier molecular flexibility index (Phi) is 5.28. The zero-order valence-corrected chi connectivity index (χ0v) is 12.0. The van der Waals surface area contributed by atoms with Crippen LogP contribution in [-0.2, 0) is 10.5 Å². The van der Waals surface area contributed by atoms with Gasteiger partial charge in [0.1, 0.15) is 0 Å². The van der Waals surface area contributed by atoms with Crippen molar-refractivity contribution in [3.8, 4) is 0 Å². The molecule has 0 spiro atoms. The maximum absolute atomic E-state index is 11.5. The molecule has 100 valence electrons. The van der Waals surface area contributed by atoms with Crippen LogP contribution in [0.25, 0.3) is 10.8 Å². The molecule has 2 aromatic carbocycles. The Balaban J connectivity index is 1.93. The molecular weight excluding hydrogens is 254 g/mol. The molecule has 0 radical (unpaired) electrons. The number of hydrogen-bond donors (Lipinski definition) is 1.